The SMILES string of the molecule is O=c1n(Cc2ccccc2)nc(Cc2ccccc2)n1/N=C\c1cccc2ccccc12. The summed E-state index contributed by atoms with van der Waals surface area (Å²) in [5.41, 5.74) is 2.79. The van der Waals surface area contributed by atoms with Crippen LogP contribution in [-0.2, 0) is 13.0 Å². The molecule has 1 aromatic heterocycles. The molecule has 4 aromatic carbocycles. The maximum Gasteiger partial charge on any atom is 0.367 e. The molecule has 0 unspecified atom stereocenters. The molecule has 5 rings (SSSR count). The summed E-state index contributed by atoms with van der Waals surface area (Å²) in [6.07, 6.45) is 2.26. The summed E-state index contributed by atoms with van der Waals surface area (Å²) < 4.78 is 2.89. The van der Waals surface area contributed by atoms with E-state index in [9.17, 15) is 4.79 Å². The molecule has 0 spiro atoms. The van der Waals surface area contributed by atoms with Crippen molar-refractivity contribution >= 4 is 17.0 Å². The van der Waals surface area contributed by atoms with Crippen LogP contribution < -0.4 is 5.69 Å². The van der Waals surface area contributed by atoms with Crippen molar-refractivity contribution in [1.82, 2.24) is 14.5 Å². The lowest BCUT2D eigenvalue weighted by atomic mass is 10.1. The van der Waals surface area contributed by atoms with Crippen LogP contribution >= 0.6 is 0 Å². The number of rotatable bonds is 6. The Labute approximate surface area is 185 Å². The standard InChI is InChI=1S/C27H22N4O/c32-27-30(20-22-12-5-2-6-13-22)29-26(18-21-10-3-1-4-11-21)31(27)28-19-24-16-9-15-23-14-7-8-17-25(23)24/h1-17,19H,18,20H2/b28-19-. The van der Waals surface area contributed by atoms with Crippen molar-refractivity contribution in [2.45, 2.75) is 13.0 Å². The molecule has 0 bridgehead atoms. The Morgan fingerprint density at radius 3 is 2.19 bits per heavy atom. The highest BCUT2D eigenvalue weighted by Crippen LogP contribution is 2.17. The van der Waals surface area contributed by atoms with Crippen molar-refractivity contribution in [3.8, 4) is 0 Å². The van der Waals surface area contributed by atoms with Gasteiger partial charge in [-0.25, -0.2) is 9.48 Å². The molecule has 0 radical (unpaired) electrons. The Morgan fingerprint density at radius 1 is 0.750 bits per heavy atom. The smallest absolute Gasteiger partial charge is 0.244 e. The predicted octanol–water partition coefficient (Wildman–Crippen LogP) is 4.72. The van der Waals surface area contributed by atoms with E-state index in [0.717, 1.165) is 27.5 Å². The van der Waals surface area contributed by atoms with Gasteiger partial charge < -0.3 is 0 Å². The number of aromatic nitrogens is 3. The van der Waals surface area contributed by atoms with Gasteiger partial charge in [0.1, 0.15) is 0 Å². The second kappa shape index (κ2) is 8.86. The zero-order valence-electron chi connectivity index (χ0n) is 17.5. The first-order valence-corrected chi connectivity index (χ1v) is 10.6. The predicted molar refractivity (Wildman–Crippen MR) is 128 cm³/mol. The fourth-order valence-corrected chi connectivity index (χ4v) is 3.79. The minimum absolute atomic E-state index is 0.253. The number of fused-ring (bicyclic) bond motifs is 1. The quantitative estimate of drug-likeness (QED) is 0.375. The minimum Gasteiger partial charge on any atom is -0.244 e. The molecule has 156 valence electrons. The molecule has 0 saturated heterocycles. The first kappa shape index (κ1) is 19.7. The van der Waals surface area contributed by atoms with Gasteiger partial charge in [-0.15, -0.1) is 0 Å². The Hall–Kier alpha value is -4.25. The molecule has 32 heavy (non-hydrogen) atoms. The Morgan fingerprint density at radius 2 is 1.41 bits per heavy atom. The van der Waals surface area contributed by atoms with Crippen molar-refractivity contribution in [2.75, 3.05) is 0 Å². The number of nitrogens with zero attached hydrogens (tertiary/aromatic N) is 4. The molecule has 0 aliphatic heterocycles. The molecule has 0 atom stereocenters. The summed E-state index contributed by atoms with van der Waals surface area (Å²) in [5, 5.41) is 11.4. The topological polar surface area (TPSA) is 52.2 Å². The number of hydrogen-bond donors (Lipinski definition) is 0. The summed E-state index contributed by atoms with van der Waals surface area (Å²) in [5.74, 6) is 0.605. The summed E-state index contributed by atoms with van der Waals surface area (Å²) in [6, 6.07) is 34.1. The highest BCUT2D eigenvalue weighted by molar-refractivity contribution is 5.99. The number of benzene rings is 4. The van der Waals surface area contributed by atoms with Crippen molar-refractivity contribution in [3.05, 3.63) is 136 Å². The Kier molecular flexibility index (Phi) is 5.45. The molecule has 0 amide bonds. The summed E-state index contributed by atoms with van der Waals surface area (Å²) in [4.78, 5) is 13.2. The molecule has 5 aromatic rings. The van der Waals surface area contributed by atoms with Gasteiger partial charge in [-0.3, -0.25) is 0 Å². The van der Waals surface area contributed by atoms with Crippen molar-refractivity contribution in [2.24, 2.45) is 5.10 Å². The second-order valence-corrected chi connectivity index (χ2v) is 7.63. The van der Waals surface area contributed by atoms with Gasteiger partial charge in [-0.05, 0) is 21.9 Å². The summed E-state index contributed by atoms with van der Waals surface area (Å²) >= 11 is 0. The lowest BCUT2D eigenvalue weighted by Gasteiger charge is -2.02. The van der Waals surface area contributed by atoms with Gasteiger partial charge >= 0.3 is 5.69 Å². The summed E-state index contributed by atoms with van der Waals surface area (Å²) in [6.45, 7) is 0.401. The van der Waals surface area contributed by atoms with E-state index in [1.807, 2.05) is 84.9 Å². The first-order chi connectivity index (χ1) is 15.8. The maximum absolute atomic E-state index is 13.2. The van der Waals surface area contributed by atoms with Crippen LogP contribution in [0.5, 0.6) is 0 Å². The van der Waals surface area contributed by atoms with Crippen LogP contribution in [-0.4, -0.2) is 20.7 Å². The largest absolute Gasteiger partial charge is 0.367 e. The Bertz CT molecular complexity index is 1430. The third-order valence-electron chi connectivity index (χ3n) is 5.40. The van der Waals surface area contributed by atoms with Crippen LogP contribution in [0.3, 0.4) is 0 Å². The minimum atomic E-state index is -0.253. The fourth-order valence-electron chi connectivity index (χ4n) is 3.79. The fraction of sp³-hybridized carbons (Fsp3) is 0.0741. The molecule has 1 heterocycles. The van der Waals surface area contributed by atoms with Crippen LogP contribution in [0.25, 0.3) is 10.8 Å². The van der Waals surface area contributed by atoms with Gasteiger partial charge in [0.25, 0.3) is 0 Å². The molecular weight excluding hydrogens is 396 g/mol. The molecule has 0 saturated carbocycles. The zero-order chi connectivity index (χ0) is 21.8. The highest BCUT2D eigenvalue weighted by atomic mass is 16.2. The van der Waals surface area contributed by atoms with E-state index >= 15 is 0 Å². The van der Waals surface area contributed by atoms with Crippen LogP contribution in [0.4, 0.5) is 0 Å². The van der Waals surface area contributed by atoms with Gasteiger partial charge in [-0.1, -0.05) is 103 Å². The van der Waals surface area contributed by atoms with Gasteiger partial charge in [0.2, 0.25) is 0 Å². The van der Waals surface area contributed by atoms with Crippen LogP contribution in [0.2, 0.25) is 0 Å². The first-order valence-electron chi connectivity index (χ1n) is 10.6. The zero-order valence-corrected chi connectivity index (χ0v) is 17.5. The third-order valence-corrected chi connectivity index (χ3v) is 5.40. The Balaban J connectivity index is 1.56. The van der Waals surface area contributed by atoms with Crippen LogP contribution in [0.1, 0.15) is 22.5 Å². The van der Waals surface area contributed by atoms with E-state index in [4.69, 9.17) is 0 Å². The monoisotopic (exact) mass is 418 g/mol. The highest BCUT2D eigenvalue weighted by Gasteiger charge is 2.14. The lowest BCUT2D eigenvalue weighted by Crippen LogP contribution is -2.24. The van der Waals surface area contributed by atoms with Crippen molar-refractivity contribution < 1.29 is 0 Å². The van der Waals surface area contributed by atoms with E-state index in [1.54, 1.807) is 6.21 Å². The molecule has 0 aliphatic rings. The molecule has 0 fully saturated rings. The average Bonchev–Trinajstić information content (AvgIpc) is 3.12. The van der Waals surface area contributed by atoms with Crippen LogP contribution in [0.15, 0.2) is 113 Å². The molecule has 5 nitrogen and oxygen atoms in total. The molecule has 0 N–H and O–H groups in total. The van der Waals surface area contributed by atoms with E-state index in [0.29, 0.717) is 18.8 Å². The van der Waals surface area contributed by atoms with Crippen molar-refractivity contribution in [1.29, 1.82) is 0 Å². The van der Waals surface area contributed by atoms with Gasteiger partial charge in [0.05, 0.1) is 12.8 Å². The van der Waals surface area contributed by atoms with Gasteiger partial charge in [0, 0.05) is 12.0 Å². The maximum atomic E-state index is 13.2. The van der Waals surface area contributed by atoms with E-state index < -0.39 is 0 Å². The van der Waals surface area contributed by atoms with Crippen molar-refractivity contribution in [3.63, 3.8) is 0 Å². The van der Waals surface area contributed by atoms with E-state index in [2.05, 4.69) is 28.4 Å². The number of hydrogen-bond acceptors (Lipinski definition) is 3. The summed E-state index contributed by atoms with van der Waals surface area (Å²) in [7, 11) is 0. The van der Waals surface area contributed by atoms with E-state index in [-0.39, 0.29) is 5.69 Å². The lowest BCUT2D eigenvalue weighted by molar-refractivity contribution is 0.643. The molecular formula is C27H22N4O. The van der Waals surface area contributed by atoms with E-state index in [1.165, 1.54) is 9.36 Å². The van der Waals surface area contributed by atoms with Gasteiger partial charge in [-0.2, -0.15) is 14.9 Å². The molecule has 5 heteroatoms. The second-order valence-electron chi connectivity index (χ2n) is 7.63. The van der Waals surface area contributed by atoms with Crippen LogP contribution in [0, 0.1) is 0 Å². The normalized spacial score (nSPS) is 11.4. The van der Waals surface area contributed by atoms with Gasteiger partial charge in [0.15, 0.2) is 5.82 Å². The average molecular weight is 419 g/mol. The third kappa shape index (κ3) is 4.14. The molecule has 0 aliphatic carbocycles.